The summed E-state index contributed by atoms with van der Waals surface area (Å²) in [6.07, 6.45) is 4.14. The van der Waals surface area contributed by atoms with E-state index in [1.54, 1.807) is 29.2 Å². The van der Waals surface area contributed by atoms with Crippen molar-refractivity contribution in [1.29, 1.82) is 0 Å². The summed E-state index contributed by atoms with van der Waals surface area (Å²) < 4.78 is 30.0. The van der Waals surface area contributed by atoms with Crippen molar-refractivity contribution in [3.05, 3.63) is 72.2 Å². The van der Waals surface area contributed by atoms with Crippen LogP contribution < -0.4 is 4.90 Å². The average Bonchev–Trinajstić information content (AvgIpc) is 2.85. The topological polar surface area (TPSA) is 62.2 Å². The second-order valence-electron chi connectivity index (χ2n) is 8.18. The number of hydrogen-bond donors (Lipinski definition) is 0. The van der Waals surface area contributed by atoms with E-state index >= 15 is 4.39 Å². The molecule has 6 nitrogen and oxygen atoms in total. The molecule has 1 aliphatic heterocycles. The second kappa shape index (κ2) is 8.61. The zero-order valence-electron chi connectivity index (χ0n) is 18.3. The van der Waals surface area contributed by atoms with Gasteiger partial charge in [0.2, 0.25) is 5.91 Å². The highest BCUT2D eigenvalue weighted by atomic mass is 35.5. The molecule has 5 rings (SSSR count). The van der Waals surface area contributed by atoms with E-state index in [1.165, 1.54) is 24.7 Å². The zero-order valence-corrected chi connectivity index (χ0v) is 19.1. The van der Waals surface area contributed by atoms with Crippen molar-refractivity contribution in [2.45, 2.75) is 13.0 Å². The number of piperazine rings is 1. The number of pyridine rings is 1. The van der Waals surface area contributed by atoms with E-state index in [2.05, 4.69) is 21.5 Å². The van der Waals surface area contributed by atoms with Crippen molar-refractivity contribution in [3.8, 4) is 11.3 Å². The maximum Gasteiger partial charge on any atom is 0.246 e. The van der Waals surface area contributed by atoms with Gasteiger partial charge in [-0.1, -0.05) is 42.4 Å². The molecule has 2 aromatic heterocycles. The van der Waals surface area contributed by atoms with Crippen LogP contribution in [0.1, 0.15) is 6.92 Å². The number of rotatable bonds is 3. The van der Waals surface area contributed by atoms with Gasteiger partial charge in [-0.25, -0.2) is 18.7 Å². The first-order chi connectivity index (χ1) is 16.4. The molecular weight excluding hydrogens is 460 g/mol. The molecular formula is C25H20ClF2N5O. The highest BCUT2D eigenvalue weighted by Crippen LogP contribution is 2.37. The minimum atomic E-state index is -0.637. The molecule has 34 heavy (non-hydrogen) atoms. The van der Waals surface area contributed by atoms with Crippen LogP contribution in [0.2, 0.25) is 5.02 Å². The molecule has 2 aromatic carbocycles. The molecule has 1 fully saturated rings. The first kappa shape index (κ1) is 22.2. The Balaban J connectivity index is 1.61. The Hall–Kier alpha value is -3.65. The Morgan fingerprint density at radius 1 is 1.18 bits per heavy atom. The highest BCUT2D eigenvalue weighted by molar-refractivity contribution is 6.36. The number of carbonyl (C=O) groups is 1. The van der Waals surface area contributed by atoms with Gasteiger partial charge in [0.1, 0.15) is 29.2 Å². The third-order valence-electron chi connectivity index (χ3n) is 6.18. The van der Waals surface area contributed by atoms with Crippen molar-refractivity contribution >= 4 is 45.0 Å². The van der Waals surface area contributed by atoms with Crippen LogP contribution >= 0.6 is 11.6 Å². The number of aromatic nitrogens is 3. The van der Waals surface area contributed by atoms with E-state index in [4.69, 9.17) is 11.6 Å². The number of halogens is 3. The minimum Gasteiger partial charge on any atom is -0.350 e. The Morgan fingerprint density at radius 3 is 2.76 bits per heavy atom. The molecule has 0 saturated carbocycles. The average molecular weight is 480 g/mol. The lowest BCUT2D eigenvalue weighted by atomic mass is 10.0. The van der Waals surface area contributed by atoms with E-state index < -0.39 is 11.6 Å². The standard InChI is InChI=1S/C25H20ClF2N5O/c1-3-19(34)32-9-10-33(14(2)12-32)25-17-11-29-23(22(28)24(17)30-13-31-25)16-6-4-5-15-7-8-18(27)21(26)20(15)16/h3-8,11,13-14H,1,9-10,12H2,2H3. The van der Waals surface area contributed by atoms with E-state index in [1.807, 2.05) is 11.8 Å². The fraction of sp³-hybridized carbons (Fsp3) is 0.200. The molecule has 1 aliphatic rings. The van der Waals surface area contributed by atoms with Gasteiger partial charge in [0.05, 0.1) is 10.4 Å². The zero-order chi connectivity index (χ0) is 24.0. The van der Waals surface area contributed by atoms with Gasteiger partial charge >= 0.3 is 0 Å². The summed E-state index contributed by atoms with van der Waals surface area (Å²) in [5.41, 5.74) is 0.521. The number of anilines is 1. The van der Waals surface area contributed by atoms with Crippen LogP contribution in [0.5, 0.6) is 0 Å². The number of hydrogen-bond acceptors (Lipinski definition) is 5. The summed E-state index contributed by atoms with van der Waals surface area (Å²) in [6, 6.07) is 8.00. The lowest BCUT2D eigenvalue weighted by molar-refractivity contribution is -0.126. The highest BCUT2D eigenvalue weighted by Gasteiger charge is 2.28. The second-order valence-corrected chi connectivity index (χ2v) is 8.55. The fourth-order valence-electron chi connectivity index (χ4n) is 4.50. The Labute approximate surface area is 199 Å². The lowest BCUT2D eigenvalue weighted by Crippen LogP contribution is -2.53. The molecule has 1 atom stereocenters. The molecule has 4 aromatic rings. The molecule has 0 radical (unpaired) electrons. The Kier molecular flexibility index (Phi) is 5.61. The quantitative estimate of drug-likeness (QED) is 0.387. The van der Waals surface area contributed by atoms with Crippen LogP contribution in [-0.4, -0.2) is 51.4 Å². The van der Waals surface area contributed by atoms with Gasteiger partial charge < -0.3 is 9.80 Å². The van der Waals surface area contributed by atoms with E-state index in [0.717, 1.165) is 0 Å². The van der Waals surface area contributed by atoms with Gasteiger partial charge in [-0.15, -0.1) is 0 Å². The Bertz CT molecular complexity index is 1460. The van der Waals surface area contributed by atoms with Gasteiger partial charge in [-0.3, -0.25) is 9.78 Å². The molecule has 0 N–H and O–H groups in total. The smallest absolute Gasteiger partial charge is 0.246 e. The van der Waals surface area contributed by atoms with Crippen molar-refractivity contribution in [2.24, 2.45) is 0 Å². The minimum absolute atomic E-state index is 0.0321. The van der Waals surface area contributed by atoms with E-state index in [9.17, 15) is 9.18 Å². The predicted octanol–water partition coefficient (Wildman–Crippen LogP) is 5.00. The summed E-state index contributed by atoms with van der Waals surface area (Å²) in [7, 11) is 0. The predicted molar refractivity (Wildman–Crippen MR) is 129 cm³/mol. The van der Waals surface area contributed by atoms with Gasteiger partial charge in [-0.05, 0) is 24.5 Å². The summed E-state index contributed by atoms with van der Waals surface area (Å²) >= 11 is 6.25. The first-order valence-corrected chi connectivity index (χ1v) is 11.1. The molecule has 1 unspecified atom stereocenters. The molecule has 1 amide bonds. The molecule has 9 heteroatoms. The van der Waals surface area contributed by atoms with E-state index in [-0.39, 0.29) is 28.2 Å². The lowest BCUT2D eigenvalue weighted by Gasteiger charge is -2.40. The Morgan fingerprint density at radius 2 is 2.00 bits per heavy atom. The van der Waals surface area contributed by atoms with Crippen molar-refractivity contribution in [1.82, 2.24) is 19.9 Å². The van der Waals surface area contributed by atoms with Gasteiger partial charge in [-0.2, -0.15) is 0 Å². The summed E-state index contributed by atoms with van der Waals surface area (Å²) in [6.45, 7) is 7.03. The SMILES string of the molecule is C=CC(=O)N1CCN(c2ncnc3c(F)c(-c4cccc5ccc(F)c(Cl)c45)ncc23)C(C)C1. The number of carbonyl (C=O) groups excluding carboxylic acids is 1. The van der Waals surface area contributed by atoms with Crippen molar-refractivity contribution in [3.63, 3.8) is 0 Å². The number of fused-ring (bicyclic) bond motifs is 2. The summed E-state index contributed by atoms with van der Waals surface area (Å²) in [4.78, 5) is 28.7. The number of nitrogens with zero attached hydrogens (tertiary/aromatic N) is 5. The van der Waals surface area contributed by atoms with Gasteiger partial charge in [0, 0.05) is 42.8 Å². The molecule has 3 heterocycles. The third kappa shape index (κ3) is 3.54. The molecule has 0 bridgehead atoms. The van der Waals surface area contributed by atoms with E-state index in [0.29, 0.717) is 47.2 Å². The van der Waals surface area contributed by atoms with Crippen molar-refractivity contribution in [2.75, 3.05) is 24.5 Å². The number of benzene rings is 2. The van der Waals surface area contributed by atoms with Crippen LogP contribution in [0.25, 0.3) is 32.9 Å². The van der Waals surface area contributed by atoms with Gasteiger partial charge in [0.25, 0.3) is 0 Å². The largest absolute Gasteiger partial charge is 0.350 e. The van der Waals surface area contributed by atoms with Crippen LogP contribution in [0.3, 0.4) is 0 Å². The molecule has 172 valence electrons. The van der Waals surface area contributed by atoms with Crippen LogP contribution in [0.4, 0.5) is 14.6 Å². The monoisotopic (exact) mass is 479 g/mol. The third-order valence-corrected chi connectivity index (χ3v) is 6.55. The van der Waals surface area contributed by atoms with Crippen LogP contribution in [0, 0.1) is 11.6 Å². The van der Waals surface area contributed by atoms with Crippen LogP contribution in [0.15, 0.2) is 55.5 Å². The summed E-state index contributed by atoms with van der Waals surface area (Å²) in [5.74, 6) is -0.803. The summed E-state index contributed by atoms with van der Waals surface area (Å²) in [5, 5.41) is 1.44. The molecule has 0 spiro atoms. The number of amides is 1. The molecule has 1 saturated heterocycles. The van der Waals surface area contributed by atoms with Gasteiger partial charge in [0.15, 0.2) is 5.82 Å². The van der Waals surface area contributed by atoms with Crippen LogP contribution in [-0.2, 0) is 4.79 Å². The maximum absolute atomic E-state index is 15.8. The first-order valence-electron chi connectivity index (χ1n) is 10.7. The fourth-order valence-corrected chi connectivity index (χ4v) is 4.78. The van der Waals surface area contributed by atoms with Crippen molar-refractivity contribution < 1.29 is 13.6 Å². The normalized spacial score (nSPS) is 16.3. The molecule has 0 aliphatic carbocycles. The maximum atomic E-state index is 15.8.